The number of aryl methyl sites for hydroxylation is 1. The van der Waals surface area contributed by atoms with E-state index in [4.69, 9.17) is 11.6 Å². The number of aromatic nitrogens is 4. The average molecular weight is 363 g/mol. The molecule has 2 heterocycles. The Kier molecular flexibility index (Phi) is 4.22. The topological polar surface area (TPSA) is 88.1 Å². The molecule has 0 aliphatic rings. The highest BCUT2D eigenvalue weighted by Gasteiger charge is 2.18. The molecule has 1 aromatic carbocycles. The molecule has 0 aliphatic carbocycles. The molecule has 9 heteroatoms. The molecule has 8 nitrogen and oxygen atoms in total. The number of ether oxygens (including phenoxy) is 1. The Balaban J connectivity index is 2.11. The highest BCUT2D eigenvalue weighted by atomic mass is 35.5. The number of fused-ring (bicyclic) bond motifs is 1. The molecule has 3 aromatic rings. The first-order valence-corrected chi connectivity index (χ1v) is 7.72. The van der Waals surface area contributed by atoms with Crippen molar-refractivity contribution in [3.05, 3.63) is 61.5 Å². The van der Waals surface area contributed by atoms with Gasteiger partial charge in [-0.05, 0) is 29.3 Å². The lowest BCUT2D eigenvalue weighted by atomic mass is 10.1. The van der Waals surface area contributed by atoms with Gasteiger partial charge in [0.25, 0.3) is 5.56 Å². The van der Waals surface area contributed by atoms with Crippen LogP contribution in [0.2, 0.25) is 5.28 Å². The summed E-state index contributed by atoms with van der Waals surface area (Å²) in [5.41, 5.74) is 0.761. The van der Waals surface area contributed by atoms with E-state index in [9.17, 15) is 14.4 Å². The molecule has 130 valence electrons. The van der Waals surface area contributed by atoms with Gasteiger partial charge in [-0.2, -0.15) is 4.98 Å². The summed E-state index contributed by atoms with van der Waals surface area (Å²) in [5.74, 6) is -0.429. The summed E-state index contributed by atoms with van der Waals surface area (Å²) in [7, 11) is 4.25. The van der Waals surface area contributed by atoms with Crippen LogP contribution in [-0.2, 0) is 25.4 Å². The normalized spacial score (nSPS) is 11.0. The molecule has 0 aliphatic heterocycles. The van der Waals surface area contributed by atoms with E-state index in [0.29, 0.717) is 5.56 Å². The molecule has 2 aromatic heterocycles. The Morgan fingerprint density at radius 1 is 1.16 bits per heavy atom. The molecule has 0 spiro atoms. The minimum Gasteiger partial charge on any atom is -0.465 e. The van der Waals surface area contributed by atoms with Crippen molar-refractivity contribution in [2.75, 3.05) is 7.11 Å². The second kappa shape index (κ2) is 6.21. The van der Waals surface area contributed by atoms with Gasteiger partial charge in [-0.15, -0.1) is 0 Å². The molecular formula is C16H15ClN4O4. The lowest BCUT2D eigenvalue weighted by Gasteiger charge is -2.08. The molecule has 0 amide bonds. The van der Waals surface area contributed by atoms with Gasteiger partial charge in [-0.25, -0.2) is 9.59 Å². The van der Waals surface area contributed by atoms with Crippen LogP contribution < -0.4 is 11.2 Å². The van der Waals surface area contributed by atoms with Crippen molar-refractivity contribution in [2.45, 2.75) is 6.54 Å². The molecular weight excluding hydrogens is 348 g/mol. The monoisotopic (exact) mass is 362 g/mol. The summed E-state index contributed by atoms with van der Waals surface area (Å²) < 4.78 is 8.48. The van der Waals surface area contributed by atoms with E-state index in [-0.39, 0.29) is 23.0 Å². The van der Waals surface area contributed by atoms with E-state index < -0.39 is 17.2 Å². The number of methoxy groups -OCH3 is 1. The number of esters is 1. The Morgan fingerprint density at radius 2 is 1.80 bits per heavy atom. The Bertz CT molecular complexity index is 1090. The summed E-state index contributed by atoms with van der Waals surface area (Å²) in [5, 5.41) is 0.102. The summed E-state index contributed by atoms with van der Waals surface area (Å²) in [6.45, 7) is 0.268. The van der Waals surface area contributed by atoms with Crippen LogP contribution in [0.25, 0.3) is 11.2 Å². The Hall–Kier alpha value is -2.87. The number of carbonyl (C=O) groups is 1. The number of hydrogen-bond donors (Lipinski definition) is 0. The van der Waals surface area contributed by atoms with Gasteiger partial charge in [0.1, 0.15) is 0 Å². The minimum atomic E-state index is -0.471. The molecule has 0 unspecified atom stereocenters. The van der Waals surface area contributed by atoms with E-state index in [1.54, 1.807) is 24.3 Å². The van der Waals surface area contributed by atoms with Crippen LogP contribution in [-0.4, -0.2) is 31.8 Å². The van der Waals surface area contributed by atoms with Crippen LogP contribution in [0.1, 0.15) is 15.9 Å². The molecule has 0 fully saturated rings. The van der Waals surface area contributed by atoms with Crippen LogP contribution in [0.5, 0.6) is 0 Å². The zero-order chi connectivity index (χ0) is 18.3. The highest BCUT2D eigenvalue weighted by molar-refractivity contribution is 6.29. The molecule has 0 atom stereocenters. The third-order valence-corrected chi connectivity index (χ3v) is 4.31. The van der Waals surface area contributed by atoms with Gasteiger partial charge in [-0.1, -0.05) is 12.1 Å². The second-order valence-corrected chi connectivity index (χ2v) is 5.87. The first-order valence-electron chi connectivity index (χ1n) is 7.34. The maximum absolute atomic E-state index is 12.5. The highest BCUT2D eigenvalue weighted by Crippen LogP contribution is 2.18. The van der Waals surface area contributed by atoms with Crippen LogP contribution in [0.3, 0.4) is 0 Å². The lowest BCUT2D eigenvalue weighted by molar-refractivity contribution is 0.0600. The van der Waals surface area contributed by atoms with E-state index in [1.165, 1.54) is 30.3 Å². The van der Waals surface area contributed by atoms with Crippen molar-refractivity contribution in [1.29, 1.82) is 0 Å². The average Bonchev–Trinajstić information content (AvgIpc) is 2.94. The predicted molar refractivity (Wildman–Crippen MR) is 92.1 cm³/mol. The second-order valence-electron chi connectivity index (χ2n) is 5.53. The fraction of sp³-hybridized carbons (Fsp3) is 0.250. The molecule has 0 bridgehead atoms. The summed E-state index contributed by atoms with van der Waals surface area (Å²) in [4.78, 5) is 40.1. The SMILES string of the molecule is COC(=O)c1ccc(Cn2c(Cl)nc3c2c(=O)n(C)c(=O)n3C)cc1. The van der Waals surface area contributed by atoms with Crippen LogP contribution in [0.15, 0.2) is 33.9 Å². The summed E-state index contributed by atoms with van der Waals surface area (Å²) in [6.07, 6.45) is 0. The van der Waals surface area contributed by atoms with Crippen LogP contribution in [0.4, 0.5) is 0 Å². The standard InChI is InChI=1S/C16H15ClN4O4/c1-19-12-11(13(22)20(2)16(19)24)21(15(17)18-12)8-9-4-6-10(7-5-9)14(23)25-3/h4-7H,8H2,1-3H3. The number of nitrogens with zero attached hydrogens (tertiary/aromatic N) is 4. The van der Waals surface area contributed by atoms with Gasteiger partial charge >= 0.3 is 11.7 Å². The molecule has 3 rings (SSSR count). The molecule has 0 N–H and O–H groups in total. The fourth-order valence-corrected chi connectivity index (χ4v) is 2.84. The van der Waals surface area contributed by atoms with Crippen molar-refractivity contribution in [1.82, 2.24) is 18.7 Å². The third kappa shape index (κ3) is 2.74. The maximum Gasteiger partial charge on any atom is 0.337 e. The zero-order valence-electron chi connectivity index (χ0n) is 13.8. The Labute approximate surface area is 146 Å². The van der Waals surface area contributed by atoms with Gasteiger partial charge in [0.2, 0.25) is 5.28 Å². The van der Waals surface area contributed by atoms with Gasteiger partial charge in [-0.3, -0.25) is 13.9 Å². The first-order chi connectivity index (χ1) is 11.8. The number of imidazole rings is 1. The van der Waals surface area contributed by atoms with Gasteiger partial charge in [0.15, 0.2) is 11.2 Å². The van der Waals surface area contributed by atoms with Crippen LogP contribution >= 0.6 is 11.6 Å². The minimum absolute atomic E-state index is 0.102. The van der Waals surface area contributed by atoms with Crippen molar-refractivity contribution in [2.24, 2.45) is 14.1 Å². The largest absolute Gasteiger partial charge is 0.465 e. The van der Waals surface area contributed by atoms with Crippen molar-refractivity contribution >= 4 is 28.7 Å². The van der Waals surface area contributed by atoms with E-state index in [2.05, 4.69) is 9.72 Å². The van der Waals surface area contributed by atoms with E-state index >= 15 is 0 Å². The van der Waals surface area contributed by atoms with Crippen LogP contribution in [0, 0.1) is 0 Å². The number of rotatable bonds is 3. The number of carbonyl (C=O) groups excluding carboxylic acids is 1. The number of hydrogen-bond acceptors (Lipinski definition) is 5. The zero-order valence-corrected chi connectivity index (χ0v) is 14.6. The predicted octanol–water partition coefficient (Wildman–Crippen LogP) is 0.922. The van der Waals surface area contributed by atoms with Gasteiger partial charge in [0, 0.05) is 14.1 Å². The first kappa shape index (κ1) is 17.0. The smallest absolute Gasteiger partial charge is 0.337 e. The quantitative estimate of drug-likeness (QED) is 0.510. The molecule has 0 saturated carbocycles. The van der Waals surface area contributed by atoms with Crippen molar-refractivity contribution < 1.29 is 9.53 Å². The summed E-state index contributed by atoms with van der Waals surface area (Å²) >= 11 is 6.18. The fourth-order valence-electron chi connectivity index (χ4n) is 2.61. The Morgan fingerprint density at radius 3 is 2.40 bits per heavy atom. The molecule has 0 saturated heterocycles. The van der Waals surface area contributed by atoms with Crippen molar-refractivity contribution in [3.63, 3.8) is 0 Å². The third-order valence-electron chi connectivity index (χ3n) is 4.02. The summed E-state index contributed by atoms with van der Waals surface area (Å²) in [6, 6.07) is 6.73. The van der Waals surface area contributed by atoms with Crippen molar-refractivity contribution in [3.8, 4) is 0 Å². The van der Waals surface area contributed by atoms with Gasteiger partial charge < -0.3 is 9.30 Å². The number of halogens is 1. The lowest BCUT2D eigenvalue weighted by Crippen LogP contribution is -2.37. The molecule has 25 heavy (non-hydrogen) atoms. The number of benzene rings is 1. The molecule has 0 radical (unpaired) electrons. The van der Waals surface area contributed by atoms with Gasteiger partial charge in [0.05, 0.1) is 19.2 Å². The van der Waals surface area contributed by atoms with E-state index in [0.717, 1.165) is 10.1 Å². The van der Waals surface area contributed by atoms with E-state index in [1.807, 2.05) is 0 Å². The maximum atomic E-state index is 12.5.